The van der Waals surface area contributed by atoms with Crippen LogP contribution in [0.25, 0.3) is 22.1 Å². The Morgan fingerprint density at radius 1 is 1.06 bits per heavy atom. The van der Waals surface area contributed by atoms with Crippen molar-refractivity contribution in [3.8, 4) is 16.9 Å². The molecule has 166 valence electrons. The quantitative estimate of drug-likeness (QED) is 0.300. The number of carbonyl (C=O) groups excluding carboxylic acids is 1. The van der Waals surface area contributed by atoms with Gasteiger partial charge in [-0.05, 0) is 54.7 Å². The van der Waals surface area contributed by atoms with Crippen molar-refractivity contribution in [1.82, 2.24) is 5.32 Å². The second-order valence-corrected chi connectivity index (χ2v) is 7.75. The fourth-order valence-corrected chi connectivity index (χ4v) is 3.71. The lowest BCUT2D eigenvalue weighted by molar-refractivity contribution is 0.0978. The maximum Gasteiger partial charge on any atom is 0.344 e. The second kappa shape index (κ2) is 9.40. The molecule has 1 aromatic heterocycles. The molecule has 0 saturated heterocycles. The van der Waals surface area contributed by atoms with E-state index in [0.29, 0.717) is 28.1 Å². The molecule has 4 aromatic rings. The van der Waals surface area contributed by atoms with Gasteiger partial charge in [0.05, 0.1) is 23.3 Å². The van der Waals surface area contributed by atoms with E-state index in [1.807, 2.05) is 12.1 Å². The molecule has 1 amide bonds. The molecule has 6 nitrogen and oxygen atoms in total. The molecule has 0 fully saturated rings. The molecular formula is C24H16ClFN2O4S. The van der Waals surface area contributed by atoms with E-state index in [2.05, 4.69) is 10.6 Å². The van der Waals surface area contributed by atoms with Crippen LogP contribution < -0.4 is 21.0 Å². The summed E-state index contributed by atoms with van der Waals surface area (Å²) in [4.78, 5) is 24.9. The Hall–Kier alpha value is -3.75. The van der Waals surface area contributed by atoms with Gasteiger partial charge in [-0.15, -0.1) is 0 Å². The fraction of sp³-hybridized carbons (Fsp3) is 0.0417. The lowest BCUT2D eigenvalue weighted by Gasteiger charge is -2.13. The van der Waals surface area contributed by atoms with Crippen molar-refractivity contribution in [2.24, 2.45) is 0 Å². The number of rotatable bonds is 4. The number of halogens is 2. The number of methoxy groups -OCH3 is 1. The second-order valence-electron chi connectivity index (χ2n) is 6.93. The van der Waals surface area contributed by atoms with E-state index in [4.69, 9.17) is 33.0 Å². The van der Waals surface area contributed by atoms with E-state index in [0.717, 1.165) is 17.5 Å². The van der Waals surface area contributed by atoms with Gasteiger partial charge < -0.3 is 14.5 Å². The number of hydrogen-bond acceptors (Lipinski definition) is 5. The third kappa shape index (κ3) is 4.87. The Labute approximate surface area is 197 Å². The smallest absolute Gasteiger partial charge is 0.344 e. The van der Waals surface area contributed by atoms with Gasteiger partial charge in [-0.25, -0.2) is 9.18 Å². The Balaban J connectivity index is 1.56. The summed E-state index contributed by atoms with van der Waals surface area (Å²) in [6, 6.07) is 17.4. The number of hydrogen-bond donors (Lipinski definition) is 2. The van der Waals surface area contributed by atoms with Gasteiger partial charge in [0.1, 0.15) is 17.1 Å². The average Bonchev–Trinajstić information content (AvgIpc) is 2.78. The SMILES string of the molecule is COc1cc(NC(=S)NC(=O)c2ccc(F)cc2Cl)ccc1-c1cc2ccccc2oc1=O. The lowest BCUT2D eigenvalue weighted by Crippen LogP contribution is -2.34. The maximum atomic E-state index is 13.2. The molecule has 3 aromatic carbocycles. The van der Waals surface area contributed by atoms with Crippen LogP contribution in [-0.4, -0.2) is 18.1 Å². The number of thiocarbonyl (C=S) groups is 1. The molecule has 2 N–H and O–H groups in total. The van der Waals surface area contributed by atoms with Gasteiger partial charge in [0, 0.05) is 22.7 Å². The topological polar surface area (TPSA) is 80.6 Å². The van der Waals surface area contributed by atoms with Gasteiger partial charge in [0.25, 0.3) is 5.91 Å². The van der Waals surface area contributed by atoms with Crippen LogP contribution in [-0.2, 0) is 0 Å². The highest BCUT2D eigenvalue weighted by atomic mass is 35.5. The zero-order valence-electron chi connectivity index (χ0n) is 17.1. The minimum absolute atomic E-state index is 0.000383. The summed E-state index contributed by atoms with van der Waals surface area (Å²) in [5.41, 5.74) is 1.47. The van der Waals surface area contributed by atoms with Crippen molar-refractivity contribution in [3.63, 3.8) is 0 Å². The third-order valence-corrected chi connectivity index (χ3v) is 5.31. The highest BCUT2D eigenvalue weighted by Gasteiger charge is 2.15. The molecule has 0 unspecified atom stereocenters. The van der Waals surface area contributed by atoms with Crippen LogP contribution >= 0.6 is 23.8 Å². The van der Waals surface area contributed by atoms with Crippen LogP contribution in [0.1, 0.15) is 10.4 Å². The van der Waals surface area contributed by atoms with Crippen LogP contribution in [0.2, 0.25) is 5.02 Å². The minimum Gasteiger partial charge on any atom is -0.496 e. The highest BCUT2D eigenvalue weighted by molar-refractivity contribution is 7.80. The van der Waals surface area contributed by atoms with Crippen LogP contribution in [0.3, 0.4) is 0 Å². The highest BCUT2D eigenvalue weighted by Crippen LogP contribution is 2.32. The summed E-state index contributed by atoms with van der Waals surface area (Å²) in [7, 11) is 1.47. The van der Waals surface area contributed by atoms with E-state index in [9.17, 15) is 14.0 Å². The van der Waals surface area contributed by atoms with Crippen molar-refractivity contribution in [2.45, 2.75) is 0 Å². The van der Waals surface area contributed by atoms with Crippen LogP contribution in [0, 0.1) is 5.82 Å². The predicted molar refractivity (Wildman–Crippen MR) is 130 cm³/mol. The zero-order valence-corrected chi connectivity index (χ0v) is 18.7. The monoisotopic (exact) mass is 482 g/mol. The first kappa shape index (κ1) is 22.4. The summed E-state index contributed by atoms with van der Waals surface area (Å²) in [5, 5.41) is 6.10. The van der Waals surface area contributed by atoms with E-state index >= 15 is 0 Å². The molecule has 0 atom stereocenters. The van der Waals surface area contributed by atoms with Crippen LogP contribution in [0.15, 0.2) is 75.9 Å². The van der Waals surface area contributed by atoms with Gasteiger partial charge >= 0.3 is 5.63 Å². The molecule has 0 radical (unpaired) electrons. The lowest BCUT2D eigenvalue weighted by atomic mass is 10.0. The van der Waals surface area contributed by atoms with Gasteiger partial charge in [0.15, 0.2) is 5.11 Å². The number of benzene rings is 3. The van der Waals surface area contributed by atoms with Gasteiger partial charge in [-0.1, -0.05) is 29.8 Å². The number of para-hydroxylation sites is 1. The standard InChI is InChI=1S/C24H16ClFN2O4S/c1-31-21-12-15(27-24(33)28-22(29)17-8-6-14(26)11-19(17)25)7-9-16(21)18-10-13-4-2-3-5-20(13)32-23(18)30/h2-12H,1H3,(H2,27,28,29,33). The van der Waals surface area contributed by atoms with E-state index in [-0.39, 0.29) is 15.7 Å². The van der Waals surface area contributed by atoms with E-state index < -0.39 is 17.3 Å². The minimum atomic E-state index is -0.588. The fourth-order valence-electron chi connectivity index (χ4n) is 3.25. The Bertz CT molecular complexity index is 1450. The molecule has 0 aliphatic heterocycles. The number of nitrogens with one attached hydrogen (secondary N) is 2. The van der Waals surface area contributed by atoms with Gasteiger partial charge in [0.2, 0.25) is 0 Å². The van der Waals surface area contributed by atoms with Gasteiger partial charge in [-0.2, -0.15) is 0 Å². The molecule has 1 heterocycles. The van der Waals surface area contributed by atoms with Crippen molar-refractivity contribution < 1.29 is 18.3 Å². The molecule has 0 saturated carbocycles. The van der Waals surface area contributed by atoms with Crippen molar-refractivity contribution in [2.75, 3.05) is 12.4 Å². The number of carbonyl (C=O) groups is 1. The predicted octanol–water partition coefficient (Wildman–Crippen LogP) is 5.39. The van der Waals surface area contributed by atoms with Crippen molar-refractivity contribution in [3.05, 3.63) is 93.6 Å². The number of ether oxygens (including phenoxy) is 1. The van der Waals surface area contributed by atoms with Crippen molar-refractivity contribution in [1.29, 1.82) is 0 Å². The molecule has 9 heteroatoms. The molecule has 0 spiro atoms. The summed E-state index contributed by atoms with van der Waals surface area (Å²) < 4.78 is 24.1. The molecule has 0 aliphatic carbocycles. The summed E-state index contributed by atoms with van der Waals surface area (Å²) in [6.45, 7) is 0. The van der Waals surface area contributed by atoms with Crippen molar-refractivity contribution >= 4 is 51.5 Å². The summed E-state index contributed by atoms with van der Waals surface area (Å²) >= 11 is 11.1. The van der Waals surface area contributed by atoms with Gasteiger partial charge in [-0.3, -0.25) is 10.1 Å². The first-order chi connectivity index (χ1) is 15.9. The van der Waals surface area contributed by atoms with E-state index in [1.54, 1.807) is 36.4 Å². The third-order valence-electron chi connectivity index (χ3n) is 4.79. The Kier molecular flexibility index (Phi) is 6.39. The normalized spacial score (nSPS) is 10.6. The Morgan fingerprint density at radius 3 is 2.61 bits per heavy atom. The molecule has 0 bridgehead atoms. The Morgan fingerprint density at radius 2 is 1.85 bits per heavy atom. The summed E-state index contributed by atoms with van der Waals surface area (Å²) in [6.07, 6.45) is 0. The molecular weight excluding hydrogens is 467 g/mol. The summed E-state index contributed by atoms with van der Waals surface area (Å²) in [5.74, 6) is -0.738. The first-order valence-electron chi connectivity index (χ1n) is 9.64. The molecule has 4 rings (SSSR count). The molecule has 0 aliphatic rings. The zero-order chi connectivity index (χ0) is 23.5. The van der Waals surface area contributed by atoms with E-state index in [1.165, 1.54) is 13.2 Å². The van der Waals surface area contributed by atoms with Crippen LogP contribution in [0.4, 0.5) is 10.1 Å². The maximum absolute atomic E-state index is 13.2. The number of fused-ring (bicyclic) bond motifs is 1. The largest absolute Gasteiger partial charge is 0.496 e. The number of anilines is 1. The first-order valence-corrected chi connectivity index (χ1v) is 10.4. The average molecular weight is 483 g/mol. The number of amides is 1. The molecule has 33 heavy (non-hydrogen) atoms. The van der Waals surface area contributed by atoms with Crippen LogP contribution in [0.5, 0.6) is 5.75 Å².